The molecule has 1 aliphatic rings. The van der Waals surface area contributed by atoms with E-state index in [0.717, 1.165) is 5.92 Å². The molecule has 0 spiro atoms. The van der Waals surface area contributed by atoms with Crippen molar-refractivity contribution in [3.63, 3.8) is 0 Å². The van der Waals surface area contributed by atoms with Gasteiger partial charge in [-0.15, -0.1) is 0 Å². The first-order valence-corrected chi connectivity index (χ1v) is 6.63. The minimum atomic E-state index is 0.701. The van der Waals surface area contributed by atoms with Crippen molar-refractivity contribution < 1.29 is 0 Å². The standard InChI is InChI=1S/C15H23N/c1-3-4-13-6-9-14(10-7-13)16-15-8-5-12(2)11-15/h6-7,9-10,12,15-16H,3-5,8,11H2,1-2H3. The van der Waals surface area contributed by atoms with E-state index in [2.05, 4.69) is 43.4 Å². The molecular formula is C15H23N. The number of benzene rings is 1. The molecule has 2 unspecified atom stereocenters. The molecule has 1 N–H and O–H groups in total. The van der Waals surface area contributed by atoms with Crippen LogP contribution in [0.15, 0.2) is 24.3 Å². The van der Waals surface area contributed by atoms with Crippen molar-refractivity contribution in [3.05, 3.63) is 29.8 Å². The fraction of sp³-hybridized carbons (Fsp3) is 0.600. The third-order valence-electron chi connectivity index (χ3n) is 3.56. The molecule has 0 bridgehead atoms. The molecule has 1 aromatic carbocycles. The van der Waals surface area contributed by atoms with Crippen molar-refractivity contribution >= 4 is 5.69 Å². The van der Waals surface area contributed by atoms with E-state index in [4.69, 9.17) is 0 Å². The van der Waals surface area contributed by atoms with Gasteiger partial charge in [-0.05, 0) is 49.3 Å². The van der Waals surface area contributed by atoms with Crippen LogP contribution in [-0.4, -0.2) is 6.04 Å². The normalized spacial score (nSPS) is 24.6. The first-order chi connectivity index (χ1) is 7.78. The highest BCUT2D eigenvalue weighted by atomic mass is 14.9. The zero-order valence-electron chi connectivity index (χ0n) is 10.5. The Hall–Kier alpha value is -0.980. The van der Waals surface area contributed by atoms with Crippen LogP contribution in [0.3, 0.4) is 0 Å². The van der Waals surface area contributed by atoms with E-state index >= 15 is 0 Å². The highest BCUT2D eigenvalue weighted by molar-refractivity contribution is 5.45. The second kappa shape index (κ2) is 5.38. The molecule has 1 fully saturated rings. The number of rotatable bonds is 4. The lowest BCUT2D eigenvalue weighted by Gasteiger charge is -2.14. The summed E-state index contributed by atoms with van der Waals surface area (Å²) >= 11 is 0. The van der Waals surface area contributed by atoms with E-state index in [1.54, 1.807) is 0 Å². The lowest BCUT2D eigenvalue weighted by atomic mass is 10.1. The maximum atomic E-state index is 3.64. The molecular weight excluding hydrogens is 194 g/mol. The molecule has 2 rings (SSSR count). The third kappa shape index (κ3) is 3.01. The maximum Gasteiger partial charge on any atom is 0.0342 e. The first kappa shape index (κ1) is 11.5. The van der Waals surface area contributed by atoms with E-state index in [9.17, 15) is 0 Å². The number of anilines is 1. The Kier molecular flexibility index (Phi) is 3.87. The Balaban J connectivity index is 1.89. The SMILES string of the molecule is CCCc1ccc(NC2CCC(C)C2)cc1. The van der Waals surface area contributed by atoms with Crippen LogP contribution in [0.25, 0.3) is 0 Å². The minimum Gasteiger partial charge on any atom is -0.382 e. The molecule has 0 aliphatic heterocycles. The molecule has 1 aromatic rings. The van der Waals surface area contributed by atoms with Crippen molar-refractivity contribution in [2.24, 2.45) is 5.92 Å². The second-order valence-corrected chi connectivity index (χ2v) is 5.21. The van der Waals surface area contributed by atoms with Gasteiger partial charge in [0.25, 0.3) is 0 Å². The smallest absolute Gasteiger partial charge is 0.0342 e. The zero-order valence-corrected chi connectivity index (χ0v) is 10.5. The molecule has 88 valence electrons. The third-order valence-corrected chi connectivity index (χ3v) is 3.56. The van der Waals surface area contributed by atoms with Crippen LogP contribution in [0.1, 0.15) is 45.1 Å². The summed E-state index contributed by atoms with van der Waals surface area (Å²) in [7, 11) is 0. The monoisotopic (exact) mass is 217 g/mol. The Morgan fingerprint density at radius 1 is 1.19 bits per heavy atom. The van der Waals surface area contributed by atoms with Crippen LogP contribution in [-0.2, 0) is 6.42 Å². The Bertz CT molecular complexity index is 315. The molecule has 1 nitrogen and oxygen atoms in total. The van der Waals surface area contributed by atoms with Crippen LogP contribution in [0, 0.1) is 5.92 Å². The van der Waals surface area contributed by atoms with Gasteiger partial charge < -0.3 is 5.32 Å². The van der Waals surface area contributed by atoms with Gasteiger partial charge in [0.2, 0.25) is 0 Å². The Labute approximate surface area is 99.3 Å². The van der Waals surface area contributed by atoms with Gasteiger partial charge in [-0.3, -0.25) is 0 Å². The van der Waals surface area contributed by atoms with E-state index in [1.807, 2.05) is 0 Å². The Morgan fingerprint density at radius 2 is 1.94 bits per heavy atom. The van der Waals surface area contributed by atoms with Crippen molar-refractivity contribution in [2.75, 3.05) is 5.32 Å². The summed E-state index contributed by atoms with van der Waals surface area (Å²) < 4.78 is 0. The molecule has 16 heavy (non-hydrogen) atoms. The average Bonchev–Trinajstić information content (AvgIpc) is 2.67. The second-order valence-electron chi connectivity index (χ2n) is 5.21. The fourth-order valence-corrected chi connectivity index (χ4v) is 2.63. The lowest BCUT2D eigenvalue weighted by molar-refractivity contribution is 0.602. The van der Waals surface area contributed by atoms with Crippen LogP contribution in [0.2, 0.25) is 0 Å². The first-order valence-electron chi connectivity index (χ1n) is 6.63. The van der Waals surface area contributed by atoms with E-state index in [-0.39, 0.29) is 0 Å². The van der Waals surface area contributed by atoms with Crippen LogP contribution < -0.4 is 5.32 Å². The number of aryl methyl sites for hydroxylation is 1. The summed E-state index contributed by atoms with van der Waals surface area (Å²) in [5.41, 5.74) is 2.74. The van der Waals surface area contributed by atoms with E-state index < -0.39 is 0 Å². The Morgan fingerprint density at radius 3 is 2.50 bits per heavy atom. The number of hydrogen-bond donors (Lipinski definition) is 1. The fourth-order valence-electron chi connectivity index (χ4n) is 2.63. The van der Waals surface area contributed by atoms with Crippen molar-refractivity contribution in [1.29, 1.82) is 0 Å². The van der Waals surface area contributed by atoms with Gasteiger partial charge in [0, 0.05) is 11.7 Å². The molecule has 1 heteroatoms. The summed E-state index contributed by atoms with van der Waals surface area (Å²) in [6, 6.07) is 9.67. The van der Waals surface area contributed by atoms with Crippen molar-refractivity contribution in [3.8, 4) is 0 Å². The summed E-state index contributed by atoms with van der Waals surface area (Å²) in [4.78, 5) is 0. The van der Waals surface area contributed by atoms with Gasteiger partial charge in [-0.2, -0.15) is 0 Å². The molecule has 2 atom stereocenters. The van der Waals surface area contributed by atoms with Gasteiger partial charge in [-0.1, -0.05) is 32.4 Å². The predicted octanol–water partition coefficient (Wildman–Crippen LogP) is 4.24. The van der Waals surface area contributed by atoms with Crippen LogP contribution in [0.5, 0.6) is 0 Å². The van der Waals surface area contributed by atoms with Crippen LogP contribution in [0.4, 0.5) is 5.69 Å². The van der Waals surface area contributed by atoms with Gasteiger partial charge in [0.15, 0.2) is 0 Å². The quantitative estimate of drug-likeness (QED) is 0.795. The van der Waals surface area contributed by atoms with Crippen LogP contribution >= 0.6 is 0 Å². The summed E-state index contributed by atoms with van der Waals surface area (Å²) in [5.74, 6) is 0.900. The van der Waals surface area contributed by atoms with Crippen molar-refractivity contribution in [2.45, 2.75) is 52.0 Å². The van der Waals surface area contributed by atoms with Gasteiger partial charge in [0.1, 0.15) is 0 Å². The highest BCUT2D eigenvalue weighted by Crippen LogP contribution is 2.27. The number of nitrogens with one attached hydrogen (secondary N) is 1. The molecule has 1 aliphatic carbocycles. The van der Waals surface area contributed by atoms with Gasteiger partial charge in [0.05, 0.1) is 0 Å². The predicted molar refractivity (Wildman–Crippen MR) is 70.9 cm³/mol. The largest absolute Gasteiger partial charge is 0.382 e. The summed E-state index contributed by atoms with van der Waals surface area (Å²) in [5, 5.41) is 3.64. The topological polar surface area (TPSA) is 12.0 Å². The molecule has 1 saturated carbocycles. The van der Waals surface area contributed by atoms with E-state index in [0.29, 0.717) is 6.04 Å². The summed E-state index contributed by atoms with van der Waals surface area (Å²) in [6.45, 7) is 4.58. The lowest BCUT2D eigenvalue weighted by Crippen LogP contribution is -2.15. The molecule has 0 saturated heterocycles. The van der Waals surface area contributed by atoms with Crippen molar-refractivity contribution in [1.82, 2.24) is 0 Å². The molecule has 0 amide bonds. The number of hydrogen-bond acceptors (Lipinski definition) is 1. The minimum absolute atomic E-state index is 0.701. The van der Waals surface area contributed by atoms with E-state index in [1.165, 1.54) is 43.4 Å². The molecule has 0 aromatic heterocycles. The highest BCUT2D eigenvalue weighted by Gasteiger charge is 2.20. The maximum absolute atomic E-state index is 3.64. The molecule has 0 radical (unpaired) electrons. The molecule has 0 heterocycles. The average molecular weight is 217 g/mol. The zero-order chi connectivity index (χ0) is 11.4. The summed E-state index contributed by atoms with van der Waals surface area (Å²) in [6.07, 6.45) is 6.47. The van der Waals surface area contributed by atoms with Gasteiger partial charge in [-0.25, -0.2) is 0 Å². The van der Waals surface area contributed by atoms with Gasteiger partial charge >= 0.3 is 0 Å².